The van der Waals surface area contributed by atoms with Crippen LogP contribution in [0.2, 0.25) is 0 Å². The Kier molecular flexibility index (Phi) is 5.93. The van der Waals surface area contributed by atoms with E-state index in [-0.39, 0.29) is 17.8 Å². The van der Waals surface area contributed by atoms with Crippen LogP contribution in [0.5, 0.6) is 0 Å². The minimum atomic E-state index is -3.22. The first-order chi connectivity index (χ1) is 9.62. The Labute approximate surface area is 135 Å². The molecule has 1 unspecified atom stereocenters. The molecule has 3 heterocycles. The molecule has 1 spiro atoms. The van der Waals surface area contributed by atoms with Crippen LogP contribution in [0.3, 0.4) is 0 Å². The summed E-state index contributed by atoms with van der Waals surface area (Å²) >= 11 is 0. The highest BCUT2D eigenvalue weighted by molar-refractivity contribution is 7.86. The summed E-state index contributed by atoms with van der Waals surface area (Å²) in [7, 11) is -3.22. The van der Waals surface area contributed by atoms with Gasteiger partial charge >= 0.3 is 0 Å². The Morgan fingerprint density at radius 1 is 0.857 bits per heavy atom. The number of nitrogens with zero attached hydrogens (tertiary/aromatic N) is 2. The molecule has 0 bridgehead atoms. The van der Waals surface area contributed by atoms with Crippen LogP contribution in [-0.2, 0) is 10.2 Å². The van der Waals surface area contributed by atoms with E-state index in [0.29, 0.717) is 19.6 Å². The van der Waals surface area contributed by atoms with Crippen molar-refractivity contribution in [3.8, 4) is 0 Å². The van der Waals surface area contributed by atoms with Gasteiger partial charge in [0, 0.05) is 32.7 Å². The lowest BCUT2D eigenvalue weighted by Crippen LogP contribution is -2.46. The molecule has 0 aromatic rings. The number of piperidine rings is 1. The smallest absolute Gasteiger partial charge is 0.281 e. The van der Waals surface area contributed by atoms with Crippen molar-refractivity contribution in [1.29, 1.82) is 0 Å². The predicted octanol–water partition coefficient (Wildman–Crippen LogP) is 1.60. The monoisotopic (exact) mass is 337 g/mol. The molecule has 3 aliphatic rings. The van der Waals surface area contributed by atoms with Crippen molar-refractivity contribution in [2.75, 3.05) is 39.3 Å². The van der Waals surface area contributed by atoms with Gasteiger partial charge in [0.15, 0.2) is 0 Å². The van der Waals surface area contributed by atoms with Gasteiger partial charge in [0.05, 0.1) is 0 Å². The summed E-state index contributed by atoms with van der Waals surface area (Å²) in [5, 5.41) is 3.44. The van der Waals surface area contributed by atoms with Gasteiger partial charge in [0.2, 0.25) is 0 Å². The molecule has 1 N–H and O–H groups in total. The third kappa shape index (κ3) is 3.72. The minimum absolute atomic E-state index is 0. The van der Waals surface area contributed by atoms with Crippen LogP contribution < -0.4 is 5.32 Å². The van der Waals surface area contributed by atoms with Crippen LogP contribution in [0.15, 0.2) is 0 Å². The molecule has 3 fully saturated rings. The maximum Gasteiger partial charge on any atom is 0.281 e. The van der Waals surface area contributed by atoms with Gasteiger partial charge < -0.3 is 5.32 Å². The number of hydrogen-bond acceptors (Lipinski definition) is 3. The molecule has 0 radical (unpaired) electrons. The molecule has 0 aromatic heterocycles. The Bertz CT molecular complexity index is 430. The normalized spacial score (nSPS) is 32.8. The van der Waals surface area contributed by atoms with Gasteiger partial charge in [-0.2, -0.15) is 17.0 Å². The third-order valence-corrected chi connectivity index (χ3v) is 7.16. The van der Waals surface area contributed by atoms with Gasteiger partial charge in [-0.1, -0.05) is 12.8 Å². The van der Waals surface area contributed by atoms with E-state index in [0.717, 1.165) is 38.9 Å². The highest BCUT2D eigenvalue weighted by atomic mass is 35.5. The topological polar surface area (TPSA) is 52.7 Å². The van der Waals surface area contributed by atoms with E-state index in [2.05, 4.69) is 5.32 Å². The fourth-order valence-electron chi connectivity index (χ4n) is 3.91. The van der Waals surface area contributed by atoms with Gasteiger partial charge in [-0.25, -0.2) is 0 Å². The molecule has 21 heavy (non-hydrogen) atoms. The SMILES string of the molecule is Cl.O=S(=O)(N1CCCCCC1)N1CCC2(CCCNC2)C1. The molecule has 3 rings (SSSR count). The van der Waals surface area contributed by atoms with Gasteiger partial charge in [-0.3, -0.25) is 0 Å². The lowest BCUT2D eigenvalue weighted by molar-refractivity contribution is 0.222. The molecule has 0 aromatic carbocycles. The van der Waals surface area contributed by atoms with Crippen LogP contribution in [0.25, 0.3) is 0 Å². The Morgan fingerprint density at radius 3 is 2.19 bits per heavy atom. The van der Waals surface area contributed by atoms with Crippen LogP contribution in [0.1, 0.15) is 44.9 Å². The summed E-state index contributed by atoms with van der Waals surface area (Å²) in [6.45, 7) is 4.92. The van der Waals surface area contributed by atoms with E-state index in [9.17, 15) is 8.42 Å². The summed E-state index contributed by atoms with van der Waals surface area (Å²) in [6.07, 6.45) is 7.73. The Hall–Kier alpha value is 0.120. The molecule has 7 heteroatoms. The molecule has 1 atom stereocenters. The number of hydrogen-bond donors (Lipinski definition) is 1. The van der Waals surface area contributed by atoms with E-state index in [1.165, 1.54) is 25.7 Å². The van der Waals surface area contributed by atoms with Crippen molar-refractivity contribution in [1.82, 2.24) is 13.9 Å². The van der Waals surface area contributed by atoms with Crippen LogP contribution >= 0.6 is 12.4 Å². The zero-order valence-corrected chi connectivity index (χ0v) is 14.4. The van der Waals surface area contributed by atoms with Crippen LogP contribution in [0.4, 0.5) is 0 Å². The molecule has 124 valence electrons. The lowest BCUT2D eigenvalue weighted by atomic mass is 9.80. The van der Waals surface area contributed by atoms with Gasteiger partial charge in [0.25, 0.3) is 10.2 Å². The standard InChI is InChI=1S/C14H27N3O2S.ClH/c18-20(19,16-9-3-1-2-4-10-16)17-11-7-14(13-17)6-5-8-15-12-14;/h15H,1-13H2;1H. The molecule has 5 nitrogen and oxygen atoms in total. The number of halogens is 1. The molecule has 3 aliphatic heterocycles. The average Bonchev–Trinajstić information content (AvgIpc) is 2.69. The van der Waals surface area contributed by atoms with Crippen molar-refractivity contribution in [3.63, 3.8) is 0 Å². The van der Waals surface area contributed by atoms with Crippen molar-refractivity contribution < 1.29 is 8.42 Å². The van der Waals surface area contributed by atoms with Crippen LogP contribution in [-0.4, -0.2) is 56.3 Å². The first-order valence-electron chi connectivity index (χ1n) is 8.08. The zero-order chi connectivity index (χ0) is 14.1. The Morgan fingerprint density at radius 2 is 1.57 bits per heavy atom. The van der Waals surface area contributed by atoms with Crippen LogP contribution in [0, 0.1) is 5.41 Å². The van der Waals surface area contributed by atoms with Gasteiger partial charge in [-0.15, -0.1) is 12.4 Å². The second kappa shape index (κ2) is 7.13. The highest BCUT2D eigenvalue weighted by Gasteiger charge is 2.44. The summed E-state index contributed by atoms with van der Waals surface area (Å²) in [6, 6.07) is 0. The summed E-state index contributed by atoms with van der Waals surface area (Å²) in [5.41, 5.74) is 0.206. The highest BCUT2D eigenvalue weighted by Crippen LogP contribution is 2.38. The number of nitrogens with one attached hydrogen (secondary N) is 1. The first kappa shape index (κ1) is 17.5. The zero-order valence-electron chi connectivity index (χ0n) is 12.7. The molecule has 0 amide bonds. The fourth-order valence-corrected chi connectivity index (χ4v) is 5.71. The van der Waals surface area contributed by atoms with E-state index in [4.69, 9.17) is 0 Å². The minimum Gasteiger partial charge on any atom is -0.316 e. The Balaban J connectivity index is 0.00000161. The van der Waals surface area contributed by atoms with E-state index in [1.54, 1.807) is 8.61 Å². The largest absolute Gasteiger partial charge is 0.316 e. The van der Waals surface area contributed by atoms with Crippen molar-refractivity contribution >= 4 is 22.6 Å². The molecular weight excluding hydrogens is 310 g/mol. The molecule has 3 saturated heterocycles. The second-order valence-corrected chi connectivity index (χ2v) is 8.61. The maximum atomic E-state index is 12.8. The van der Waals surface area contributed by atoms with Crippen molar-refractivity contribution in [2.24, 2.45) is 5.41 Å². The van der Waals surface area contributed by atoms with E-state index >= 15 is 0 Å². The second-order valence-electron chi connectivity index (χ2n) is 6.68. The van der Waals surface area contributed by atoms with Crippen molar-refractivity contribution in [2.45, 2.75) is 44.9 Å². The van der Waals surface area contributed by atoms with Gasteiger partial charge in [0.1, 0.15) is 0 Å². The fraction of sp³-hybridized carbons (Fsp3) is 1.00. The van der Waals surface area contributed by atoms with E-state index < -0.39 is 10.2 Å². The predicted molar refractivity (Wildman–Crippen MR) is 86.9 cm³/mol. The molecular formula is C14H28ClN3O2S. The maximum absolute atomic E-state index is 12.8. The van der Waals surface area contributed by atoms with Gasteiger partial charge in [-0.05, 0) is 44.1 Å². The van der Waals surface area contributed by atoms with Crippen molar-refractivity contribution in [3.05, 3.63) is 0 Å². The quantitative estimate of drug-likeness (QED) is 0.832. The third-order valence-electron chi connectivity index (χ3n) is 5.18. The average molecular weight is 338 g/mol. The summed E-state index contributed by atoms with van der Waals surface area (Å²) < 4.78 is 29.1. The first-order valence-corrected chi connectivity index (χ1v) is 9.48. The lowest BCUT2D eigenvalue weighted by Gasteiger charge is -2.34. The summed E-state index contributed by atoms with van der Waals surface area (Å²) in [5.74, 6) is 0. The van der Waals surface area contributed by atoms with E-state index in [1.807, 2.05) is 0 Å². The number of rotatable bonds is 2. The molecule has 0 aliphatic carbocycles. The summed E-state index contributed by atoms with van der Waals surface area (Å²) in [4.78, 5) is 0. The molecule has 0 saturated carbocycles.